The van der Waals surface area contributed by atoms with Crippen molar-refractivity contribution in [3.05, 3.63) is 51.3 Å². The molecule has 0 aliphatic carbocycles. The molecule has 0 fully saturated rings. The predicted octanol–water partition coefficient (Wildman–Crippen LogP) is 1.35. The summed E-state index contributed by atoms with van der Waals surface area (Å²) in [6.45, 7) is 0.336. The first-order valence-corrected chi connectivity index (χ1v) is 6.41. The van der Waals surface area contributed by atoms with Crippen LogP contribution in [0.3, 0.4) is 0 Å². The number of aromatic nitrogens is 3. The van der Waals surface area contributed by atoms with Crippen molar-refractivity contribution >= 4 is 23.2 Å². The van der Waals surface area contributed by atoms with Crippen LogP contribution < -0.4 is 5.32 Å². The first-order valence-electron chi connectivity index (χ1n) is 6.03. The van der Waals surface area contributed by atoms with Gasteiger partial charge in [-0.2, -0.15) is 0 Å². The summed E-state index contributed by atoms with van der Waals surface area (Å²) >= 11 is 5.79. The van der Waals surface area contributed by atoms with Gasteiger partial charge in [-0.15, -0.1) is 0 Å². The summed E-state index contributed by atoms with van der Waals surface area (Å²) in [4.78, 5) is 29.8. The predicted molar refractivity (Wildman–Crippen MR) is 75.1 cm³/mol. The van der Waals surface area contributed by atoms with Crippen LogP contribution in [-0.2, 0) is 13.5 Å². The zero-order chi connectivity index (χ0) is 15.4. The third kappa shape index (κ3) is 3.54. The standard InChI is InChI=1S/C12H12ClN5O3/c1-17-5-4-14-10(17)2-3-15-12(19)9-6-8(18(20)21)7-16-11(9)13/h4-7H,2-3H2,1H3,(H,15,19). The van der Waals surface area contributed by atoms with E-state index in [2.05, 4.69) is 15.3 Å². The average molecular weight is 310 g/mol. The van der Waals surface area contributed by atoms with Crippen molar-refractivity contribution in [2.24, 2.45) is 7.05 Å². The monoisotopic (exact) mass is 309 g/mol. The number of carbonyl (C=O) groups excluding carboxylic acids is 1. The number of imidazole rings is 1. The van der Waals surface area contributed by atoms with Crippen LogP contribution in [0.4, 0.5) is 5.69 Å². The van der Waals surface area contributed by atoms with Gasteiger partial charge in [0, 0.05) is 38.5 Å². The first-order chi connectivity index (χ1) is 9.99. The summed E-state index contributed by atoms with van der Waals surface area (Å²) in [6, 6.07) is 1.10. The van der Waals surface area contributed by atoms with E-state index in [0.29, 0.717) is 13.0 Å². The molecule has 2 rings (SSSR count). The Morgan fingerprint density at radius 3 is 2.90 bits per heavy atom. The smallest absolute Gasteiger partial charge is 0.288 e. The van der Waals surface area contributed by atoms with Crippen molar-refractivity contribution in [1.82, 2.24) is 19.9 Å². The van der Waals surface area contributed by atoms with Gasteiger partial charge in [0.1, 0.15) is 17.2 Å². The molecule has 0 saturated heterocycles. The van der Waals surface area contributed by atoms with Gasteiger partial charge >= 0.3 is 0 Å². The fourth-order valence-corrected chi connectivity index (χ4v) is 1.91. The Hall–Kier alpha value is -2.48. The number of rotatable bonds is 5. The summed E-state index contributed by atoms with van der Waals surface area (Å²) in [5, 5.41) is 13.2. The van der Waals surface area contributed by atoms with Gasteiger partial charge in [-0.1, -0.05) is 11.6 Å². The van der Waals surface area contributed by atoms with Crippen LogP contribution in [0.2, 0.25) is 5.15 Å². The molecule has 0 aromatic carbocycles. The average Bonchev–Trinajstić information content (AvgIpc) is 2.84. The van der Waals surface area contributed by atoms with Crippen LogP contribution >= 0.6 is 11.6 Å². The number of halogens is 1. The Morgan fingerprint density at radius 2 is 2.29 bits per heavy atom. The van der Waals surface area contributed by atoms with E-state index in [-0.39, 0.29) is 16.4 Å². The number of nitrogens with zero attached hydrogens (tertiary/aromatic N) is 4. The number of nitro groups is 1. The van der Waals surface area contributed by atoms with Crippen LogP contribution in [0, 0.1) is 10.1 Å². The lowest BCUT2D eigenvalue weighted by molar-refractivity contribution is -0.385. The molecule has 0 atom stereocenters. The lowest BCUT2D eigenvalue weighted by atomic mass is 10.2. The number of aryl methyl sites for hydroxylation is 1. The van der Waals surface area contributed by atoms with E-state index >= 15 is 0 Å². The minimum absolute atomic E-state index is 0.0225. The van der Waals surface area contributed by atoms with Crippen LogP contribution in [-0.4, -0.2) is 31.9 Å². The molecule has 2 aromatic heterocycles. The van der Waals surface area contributed by atoms with Gasteiger partial charge in [0.25, 0.3) is 11.6 Å². The van der Waals surface area contributed by atoms with E-state index in [0.717, 1.165) is 18.1 Å². The van der Waals surface area contributed by atoms with Gasteiger partial charge in [0.15, 0.2) is 0 Å². The first kappa shape index (κ1) is 14.9. The van der Waals surface area contributed by atoms with E-state index in [1.165, 1.54) is 0 Å². The largest absolute Gasteiger partial charge is 0.351 e. The molecule has 2 aromatic rings. The zero-order valence-corrected chi connectivity index (χ0v) is 11.9. The maximum atomic E-state index is 12.0. The molecule has 1 amide bonds. The third-order valence-corrected chi connectivity index (χ3v) is 3.14. The highest BCUT2D eigenvalue weighted by Gasteiger charge is 2.16. The second kappa shape index (κ2) is 6.31. The highest BCUT2D eigenvalue weighted by molar-refractivity contribution is 6.32. The highest BCUT2D eigenvalue weighted by Crippen LogP contribution is 2.18. The molecule has 21 heavy (non-hydrogen) atoms. The van der Waals surface area contributed by atoms with Gasteiger partial charge in [-0.3, -0.25) is 14.9 Å². The van der Waals surface area contributed by atoms with Crippen molar-refractivity contribution in [1.29, 1.82) is 0 Å². The molecule has 0 unspecified atom stereocenters. The molecular weight excluding hydrogens is 298 g/mol. The second-order valence-electron chi connectivity index (χ2n) is 4.25. The molecule has 0 saturated carbocycles. The molecule has 0 radical (unpaired) electrons. The maximum absolute atomic E-state index is 12.0. The molecule has 1 N–H and O–H groups in total. The van der Waals surface area contributed by atoms with Crippen LogP contribution in [0.15, 0.2) is 24.7 Å². The quantitative estimate of drug-likeness (QED) is 0.510. The molecule has 0 bridgehead atoms. The highest BCUT2D eigenvalue weighted by atomic mass is 35.5. The number of hydrogen-bond acceptors (Lipinski definition) is 5. The van der Waals surface area contributed by atoms with Crippen LogP contribution in [0.1, 0.15) is 16.2 Å². The van der Waals surface area contributed by atoms with Crippen molar-refractivity contribution in [2.75, 3.05) is 6.54 Å². The van der Waals surface area contributed by atoms with Crippen molar-refractivity contribution in [3.8, 4) is 0 Å². The molecular formula is C12H12ClN5O3. The number of carbonyl (C=O) groups is 1. The summed E-state index contributed by atoms with van der Waals surface area (Å²) < 4.78 is 1.84. The molecule has 0 aliphatic rings. The third-order valence-electron chi connectivity index (χ3n) is 2.84. The lowest BCUT2D eigenvalue weighted by Gasteiger charge is -2.06. The Balaban J connectivity index is 2.01. The summed E-state index contributed by atoms with van der Waals surface area (Å²) in [6.07, 6.45) is 5.01. The maximum Gasteiger partial charge on any atom is 0.288 e. The number of hydrogen-bond donors (Lipinski definition) is 1. The number of amides is 1. The van der Waals surface area contributed by atoms with Gasteiger partial charge in [-0.25, -0.2) is 9.97 Å². The Morgan fingerprint density at radius 1 is 1.52 bits per heavy atom. The summed E-state index contributed by atoms with van der Waals surface area (Å²) in [5.41, 5.74) is -0.306. The fourth-order valence-electron chi connectivity index (χ4n) is 1.72. The Bertz CT molecular complexity index is 685. The van der Waals surface area contributed by atoms with E-state index in [1.54, 1.807) is 12.4 Å². The summed E-state index contributed by atoms with van der Waals surface area (Å²) in [7, 11) is 1.85. The van der Waals surface area contributed by atoms with Crippen molar-refractivity contribution in [2.45, 2.75) is 6.42 Å². The number of pyridine rings is 1. The topological polar surface area (TPSA) is 103 Å². The van der Waals surface area contributed by atoms with E-state index in [9.17, 15) is 14.9 Å². The van der Waals surface area contributed by atoms with Crippen LogP contribution in [0.5, 0.6) is 0 Å². The molecule has 0 aliphatic heterocycles. The van der Waals surface area contributed by atoms with Gasteiger partial charge in [0.2, 0.25) is 0 Å². The second-order valence-corrected chi connectivity index (χ2v) is 4.61. The Kier molecular flexibility index (Phi) is 4.49. The van der Waals surface area contributed by atoms with Gasteiger partial charge in [-0.05, 0) is 0 Å². The SMILES string of the molecule is Cn1ccnc1CCNC(=O)c1cc([N+](=O)[O-])cnc1Cl. The van der Waals surface area contributed by atoms with E-state index in [4.69, 9.17) is 11.6 Å². The van der Waals surface area contributed by atoms with Crippen molar-refractivity contribution in [3.63, 3.8) is 0 Å². The van der Waals surface area contributed by atoms with Gasteiger partial charge in [0.05, 0.1) is 10.5 Å². The van der Waals surface area contributed by atoms with Crippen LogP contribution in [0.25, 0.3) is 0 Å². The normalized spacial score (nSPS) is 10.4. The molecule has 9 heteroatoms. The van der Waals surface area contributed by atoms with E-state index < -0.39 is 10.8 Å². The Labute approximate surface area is 124 Å². The molecule has 8 nitrogen and oxygen atoms in total. The minimum Gasteiger partial charge on any atom is -0.351 e. The number of nitrogens with one attached hydrogen (secondary N) is 1. The van der Waals surface area contributed by atoms with Gasteiger partial charge < -0.3 is 9.88 Å². The zero-order valence-electron chi connectivity index (χ0n) is 11.1. The lowest BCUT2D eigenvalue weighted by Crippen LogP contribution is -2.26. The fraction of sp³-hybridized carbons (Fsp3) is 0.250. The van der Waals surface area contributed by atoms with E-state index in [1.807, 2.05) is 11.6 Å². The molecule has 0 spiro atoms. The van der Waals surface area contributed by atoms with Crippen molar-refractivity contribution < 1.29 is 9.72 Å². The molecule has 110 valence electrons. The molecule has 2 heterocycles. The summed E-state index contributed by atoms with van der Waals surface area (Å²) in [5.74, 6) is 0.309. The minimum atomic E-state index is -0.631.